The minimum absolute atomic E-state index is 1.20. The summed E-state index contributed by atoms with van der Waals surface area (Å²) in [6, 6.07) is 11.2. The van der Waals surface area contributed by atoms with Gasteiger partial charge >= 0.3 is 0 Å². The topological polar surface area (TPSA) is 0 Å². The molecule has 17 heavy (non-hydrogen) atoms. The van der Waals surface area contributed by atoms with Crippen LogP contribution < -0.4 is 0 Å². The Kier molecular flexibility index (Phi) is 4.38. The molecule has 90 valence electrons. The van der Waals surface area contributed by atoms with E-state index in [4.69, 9.17) is 0 Å². The molecule has 0 aliphatic carbocycles. The summed E-state index contributed by atoms with van der Waals surface area (Å²) in [7, 11) is 0. The zero-order chi connectivity index (χ0) is 12.1. The highest BCUT2D eigenvalue weighted by Gasteiger charge is 2.09. The van der Waals surface area contributed by atoms with Crippen molar-refractivity contribution < 1.29 is 0 Å². The Hall–Kier alpha value is -1.08. The molecule has 0 amide bonds. The number of benzene rings is 1. The van der Waals surface area contributed by atoms with E-state index in [1.54, 1.807) is 11.1 Å². The molecule has 2 rings (SSSR count). The predicted octanol–water partition coefficient (Wildman–Crippen LogP) is 5.32. The van der Waals surface area contributed by atoms with E-state index >= 15 is 0 Å². The normalized spacial score (nSPS) is 10.7. The Labute approximate surface area is 108 Å². The van der Waals surface area contributed by atoms with Gasteiger partial charge in [0, 0.05) is 4.88 Å². The number of thiophene rings is 1. The van der Waals surface area contributed by atoms with Crippen molar-refractivity contribution in [3.05, 3.63) is 46.8 Å². The van der Waals surface area contributed by atoms with Crippen LogP contribution in [0, 0.1) is 0 Å². The molecule has 0 saturated carbocycles. The Bertz CT molecular complexity index is 454. The average molecular weight is 244 g/mol. The Morgan fingerprint density at radius 2 is 1.76 bits per heavy atom. The highest BCUT2D eigenvalue weighted by atomic mass is 32.1. The van der Waals surface area contributed by atoms with E-state index in [1.807, 2.05) is 11.3 Å². The molecular weight excluding hydrogens is 224 g/mol. The maximum Gasteiger partial charge on any atom is 0.0345 e. The van der Waals surface area contributed by atoms with E-state index in [0.717, 1.165) is 0 Å². The fraction of sp³-hybridized carbons (Fsp3) is 0.375. The molecule has 0 radical (unpaired) electrons. The monoisotopic (exact) mass is 244 g/mol. The van der Waals surface area contributed by atoms with Crippen molar-refractivity contribution in [1.29, 1.82) is 0 Å². The summed E-state index contributed by atoms with van der Waals surface area (Å²) < 4.78 is 0. The number of hydrogen-bond acceptors (Lipinski definition) is 1. The molecule has 0 spiro atoms. The zero-order valence-corrected chi connectivity index (χ0v) is 11.5. The van der Waals surface area contributed by atoms with E-state index in [-0.39, 0.29) is 0 Å². The minimum atomic E-state index is 1.20. The highest BCUT2D eigenvalue weighted by molar-refractivity contribution is 7.13. The molecule has 2 aromatic rings. The van der Waals surface area contributed by atoms with Gasteiger partial charge in [0.1, 0.15) is 0 Å². The number of aryl methyl sites for hydroxylation is 1. The van der Waals surface area contributed by atoms with Crippen molar-refractivity contribution in [1.82, 2.24) is 0 Å². The summed E-state index contributed by atoms with van der Waals surface area (Å²) in [5.74, 6) is 0. The van der Waals surface area contributed by atoms with Crippen LogP contribution in [0.3, 0.4) is 0 Å². The van der Waals surface area contributed by atoms with Gasteiger partial charge in [0.2, 0.25) is 0 Å². The smallest absolute Gasteiger partial charge is 0.0345 e. The molecule has 0 fully saturated rings. The summed E-state index contributed by atoms with van der Waals surface area (Å²) in [5, 5.41) is 2.16. The Balaban J connectivity index is 2.46. The van der Waals surface area contributed by atoms with E-state index in [2.05, 4.69) is 49.6 Å². The van der Waals surface area contributed by atoms with Crippen molar-refractivity contribution in [3.8, 4) is 10.4 Å². The van der Waals surface area contributed by atoms with Crippen molar-refractivity contribution in [2.75, 3.05) is 0 Å². The Morgan fingerprint density at radius 3 is 2.41 bits per heavy atom. The van der Waals surface area contributed by atoms with Gasteiger partial charge in [0.15, 0.2) is 0 Å². The molecule has 0 bridgehead atoms. The molecule has 1 aromatic heterocycles. The van der Waals surface area contributed by atoms with Gasteiger partial charge in [-0.05, 0) is 41.0 Å². The summed E-state index contributed by atoms with van der Waals surface area (Å²) >= 11 is 1.84. The summed E-state index contributed by atoms with van der Waals surface area (Å²) in [6.45, 7) is 4.52. The van der Waals surface area contributed by atoms with Gasteiger partial charge in [-0.1, -0.05) is 51.0 Å². The minimum Gasteiger partial charge on any atom is -0.144 e. The van der Waals surface area contributed by atoms with Gasteiger partial charge in [-0.15, -0.1) is 11.3 Å². The lowest BCUT2D eigenvalue weighted by atomic mass is 9.94. The fourth-order valence-electron chi connectivity index (χ4n) is 2.35. The van der Waals surface area contributed by atoms with Crippen molar-refractivity contribution in [2.45, 2.75) is 39.5 Å². The summed E-state index contributed by atoms with van der Waals surface area (Å²) in [4.78, 5) is 1.41. The van der Waals surface area contributed by atoms with Crippen LogP contribution in [-0.2, 0) is 12.8 Å². The van der Waals surface area contributed by atoms with Crippen LogP contribution in [0.25, 0.3) is 10.4 Å². The third-order valence-corrected chi connectivity index (χ3v) is 3.98. The van der Waals surface area contributed by atoms with Crippen LogP contribution in [0.4, 0.5) is 0 Å². The lowest BCUT2D eigenvalue weighted by molar-refractivity contribution is 0.863. The fourth-order valence-corrected chi connectivity index (χ4v) is 3.13. The molecule has 0 N–H and O–H groups in total. The van der Waals surface area contributed by atoms with Crippen molar-refractivity contribution >= 4 is 11.3 Å². The molecule has 0 aliphatic heterocycles. The average Bonchev–Trinajstić information content (AvgIpc) is 2.85. The molecule has 1 aromatic carbocycles. The standard InChI is InChI=1S/C16H20S/c1-3-7-13-9-5-10-15(14(13)8-4-2)16-11-6-12-17-16/h5-6,9-12H,3-4,7-8H2,1-2H3. The van der Waals surface area contributed by atoms with Crippen molar-refractivity contribution in [2.24, 2.45) is 0 Å². The molecule has 1 heterocycles. The number of rotatable bonds is 5. The second-order valence-electron chi connectivity index (χ2n) is 4.42. The van der Waals surface area contributed by atoms with Gasteiger partial charge in [0.05, 0.1) is 0 Å². The molecule has 0 saturated heterocycles. The molecule has 0 nitrogen and oxygen atoms in total. The van der Waals surface area contributed by atoms with Crippen LogP contribution in [0.5, 0.6) is 0 Å². The molecule has 0 atom stereocenters. The second-order valence-corrected chi connectivity index (χ2v) is 5.37. The molecule has 0 unspecified atom stereocenters. The largest absolute Gasteiger partial charge is 0.144 e. The lowest BCUT2D eigenvalue weighted by Gasteiger charge is -2.13. The van der Waals surface area contributed by atoms with E-state index in [0.29, 0.717) is 0 Å². The predicted molar refractivity (Wildman–Crippen MR) is 77.7 cm³/mol. The quantitative estimate of drug-likeness (QED) is 0.667. The molecule has 1 heteroatoms. The Morgan fingerprint density at radius 1 is 0.941 bits per heavy atom. The van der Waals surface area contributed by atoms with Gasteiger partial charge in [0.25, 0.3) is 0 Å². The maximum absolute atomic E-state index is 2.30. The highest BCUT2D eigenvalue weighted by Crippen LogP contribution is 2.31. The SMILES string of the molecule is CCCc1cccc(-c2cccs2)c1CCC. The third-order valence-electron chi connectivity index (χ3n) is 3.08. The van der Waals surface area contributed by atoms with Gasteiger partial charge in [-0.2, -0.15) is 0 Å². The van der Waals surface area contributed by atoms with Crippen LogP contribution in [0.1, 0.15) is 37.8 Å². The summed E-state index contributed by atoms with van der Waals surface area (Å²) in [6.07, 6.45) is 4.85. The zero-order valence-electron chi connectivity index (χ0n) is 10.7. The third kappa shape index (κ3) is 2.78. The first kappa shape index (κ1) is 12.4. The van der Waals surface area contributed by atoms with Gasteiger partial charge in [-0.3, -0.25) is 0 Å². The number of hydrogen-bond donors (Lipinski definition) is 0. The van der Waals surface area contributed by atoms with Crippen LogP contribution in [0.2, 0.25) is 0 Å². The van der Waals surface area contributed by atoms with E-state index in [9.17, 15) is 0 Å². The van der Waals surface area contributed by atoms with Crippen molar-refractivity contribution in [3.63, 3.8) is 0 Å². The second kappa shape index (κ2) is 6.02. The van der Waals surface area contributed by atoms with Crippen LogP contribution in [0.15, 0.2) is 35.7 Å². The molecule has 0 aliphatic rings. The molecular formula is C16H20S. The van der Waals surface area contributed by atoms with E-state index < -0.39 is 0 Å². The van der Waals surface area contributed by atoms with Crippen LogP contribution in [-0.4, -0.2) is 0 Å². The maximum atomic E-state index is 2.30. The van der Waals surface area contributed by atoms with Gasteiger partial charge < -0.3 is 0 Å². The first-order chi connectivity index (χ1) is 8.36. The summed E-state index contributed by atoms with van der Waals surface area (Å²) in [5.41, 5.74) is 4.56. The lowest BCUT2D eigenvalue weighted by Crippen LogP contribution is -1.96. The van der Waals surface area contributed by atoms with Crippen LogP contribution >= 0.6 is 11.3 Å². The van der Waals surface area contributed by atoms with Gasteiger partial charge in [-0.25, -0.2) is 0 Å². The first-order valence-corrected chi connectivity index (χ1v) is 7.39. The van der Waals surface area contributed by atoms with E-state index in [1.165, 1.54) is 36.1 Å². The first-order valence-electron chi connectivity index (χ1n) is 6.51.